The van der Waals surface area contributed by atoms with Crippen molar-refractivity contribution in [3.05, 3.63) is 58.2 Å². The molecular formula is C15H16O4. The predicted octanol–water partition coefficient (Wildman–Crippen LogP) is 2.67. The van der Waals surface area contributed by atoms with E-state index in [-0.39, 0.29) is 5.78 Å². The molecule has 0 N–H and O–H groups in total. The SMILES string of the molecule is COc1cc(=O)oc(/C=C/C=C/C=C/C(C)=O)c1C. The van der Waals surface area contributed by atoms with Gasteiger partial charge in [-0.15, -0.1) is 0 Å². The number of methoxy groups -OCH3 is 1. The molecule has 4 nitrogen and oxygen atoms in total. The molecule has 0 aliphatic heterocycles. The summed E-state index contributed by atoms with van der Waals surface area (Å²) in [6.45, 7) is 3.29. The van der Waals surface area contributed by atoms with Crippen LogP contribution in [0.4, 0.5) is 0 Å². The Balaban J connectivity index is 2.85. The molecule has 0 bridgehead atoms. The standard InChI is InChI=1S/C15H16O4/c1-11(16)8-6-4-5-7-9-13-12(2)14(18-3)10-15(17)19-13/h4-10H,1-3H3/b5-4+,8-6+,9-7+. The molecule has 100 valence electrons. The van der Waals surface area contributed by atoms with E-state index in [1.165, 1.54) is 26.2 Å². The summed E-state index contributed by atoms with van der Waals surface area (Å²) in [6.07, 6.45) is 9.93. The number of hydrogen-bond acceptors (Lipinski definition) is 4. The molecule has 0 unspecified atom stereocenters. The lowest BCUT2D eigenvalue weighted by atomic mass is 10.2. The molecule has 1 aromatic heterocycles. The van der Waals surface area contributed by atoms with Gasteiger partial charge in [-0.1, -0.05) is 24.3 Å². The van der Waals surface area contributed by atoms with Gasteiger partial charge in [-0.25, -0.2) is 4.79 Å². The van der Waals surface area contributed by atoms with Gasteiger partial charge in [0.2, 0.25) is 0 Å². The maximum atomic E-state index is 11.3. The van der Waals surface area contributed by atoms with E-state index in [1.54, 1.807) is 37.3 Å². The lowest BCUT2D eigenvalue weighted by molar-refractivity contribution is -0.112. The summed E-state index contributed by atoms with van der Waals surface area (Å²) in [5.74, 6) is 0.934. The zero-order valence-corrected chi connectivity index (χ0v) is 11.2. The predicted molar refractivity (Wildman–Crippen MR) is 74.3 cm³/mol. The summed E-state index contributed by atoms with van der Waals surface area (Å²) in [5, 5.41) is 0. The van der Waals surface area contributed by atoms with Crippen LogP contribution in [-0.2, 0) is 4.79 Å². The van der Waals surface area contributed by atoms with Crippen molar-refractivity contribution in [2.45, 2.75) is 13.8 Å². The molecule has 0 aliphatic carbocycles. The summed E-state index contributed by atoms with van der Waals surface area (Å²) in [6, 6.07) is 1.30. The fourth-order valence-corrected chi connectivity index (χ4v) is 1.38. The van der Waals surface area contributed by atoms with Crippen molar-refractivity contribution in [2.75, 3.05) is 7.11 Å². The summed E-state index contributed by atoms with van der Waals surface area (Å²) in [5.41, 5.74) is 0.300. The molecule has 4 heteroatoms. The lowest BCUT2D eigenvalue weighted by Crippen LogP contribution is -2.02. The van der Waals surface area contributed by atoms with Gasteiger partial charge in [-0.05, 0) is 26.0 Å². The summed E-state index contributed by atoms with van der Waals surface area (Å²) in [4.78, 5) is 21.9. The number of carbonyl (C=O) groups excluding carboxylic acids is 1. The van der Waals surface area contributed by atoms with Crippen LogP contribution >= 0.6 is 0 Å². The number of carbonyl (C=O) groups is 1. The molecule has 19 heavy (non-hydrogen) atoms. The van der Waals surface area contributed by atoms with E-state index in [0.29, 0.717) is 11.5 Å². The molecule has 0 fully saturated rings. The molecule has 0 amide bonds. The fraction of sp³-hybridized carbons (Fsp3) is 0.200. The highest BCUT2D eigenvalue weighted by atomic mass is 16.5. The van der Waals surface area contributed by atoms with Crippen LogP contribution in [0.1, 0.15) is 18.2 Å². The van der Waals surface area contributed by atoms with E-state index in [9.17, 15) is 9.59 Å². The zero-order valence-electron chi connectivity index (χ0n) is 11.2. The van der Waals surface area contributed by atoms with Crippen LogP contribution in [-0.4, -0.2) is 12.9 Å². The Morgan fingerprint density at radius 2 is 1.95 bits per heavy atom. The van der Waals surface area contributed by atoms with Crippen LogP contribution in [0.3, 0.4) is 0 Å². The third-order valence-corrected chi connectivity index (χ3v) is 2.33. The minimum atomic E-state index is -0.456. The Labute approximate surface area is 111 Å². The van der Waals surface area contributed by atoms with Gasteiger partial charge < -0.3 is 9.15 Å². The van der Waals surface area contributed by atoms with Crippen LogP contribution in [0.15, 0.2) is 45.7 Å². The van der Waals surface area contributed by atoms with Gasteiger partial charge >= 0.3 is 5.63 Å². The van der Waals surface area contributed by atoms with E-state index < -0.39 is 5.63 Å². The number of hydrogen-bond donors (Lipinski definition) is 0. The maximum absolute atomic E-state index is 11.3. The minimum absolute atomic E-state index is 0.0109. The second-order valence-electron chi connectivity index (χ2n) is 3.84. The molecule has 0 aliphatic rings. The first-order chi connectivity index (χ1) is 9.04. The van der Waals surface area contributed by atoms with Gasteiger partial charge in [0.25, 0.3) is 0 Å². The van der Waals surface area contributed by atoms with Crippen molar-refractivity contribution in [1.29, 1.82) is 0 Å². The largest absolute Gasteiger partial charge is 0.496 e. The van der Waals surface area contributed by atoms with E-state index in [4.69, 9.17) is 9.15 Å². The number of allylic oxidation sites excluding steroid dienone is 5. The second-order valence-corrected chi connectivity index (χ2v) is 3.84. The van der Waals surface area contributed by atoms with Gasteiger partial charge in [-0.2, -0.15) is 0 Å². The average molecular weight is 260 g/mol. The highest BCUT2D eigenvalue weighted by Crippen LogP contribution is 2.19. The third kappa shape index (κ3) is 4.79. The summed E-state index contributed by atoms with van der Waals surface area (Å²) >= 11 is 0. The van der Waals surface area contributed by atoms with Crippen molar-refractivity contribution in [1.82, 2.24) is 0 Å². The molecule has 0 atom stereocenters. The topological polar surface area (TPSA) is 56.5 Å². The van der Waals surface area contributed by atoms with Crippen LogP contribution in [0.2, 0.25) is 0 Å². The van der Waals surface area contributed by atoms with Gasteiger partial charge in [0.15, 0.2) is 5.78 Å². The van der Waals surface area contributed by atoms with Gasteiger partial charge in [0, 0.05) is 5.56 Å². The van der Waals surface area contributed by atoms with Gasteiger partial charge in [0.05, 0.1) is 13.2 Å². The fourth-order valence-electron chi connectivity index (χ4n) is 1.38. The van der Waals surface area contributed by atoms with E-state index in [2.05, 4.69) is 0 Å². The van der Waals surface area contributed by atoms with Crippen LogP contribution in [0.5, 0.6) is 5.75 Å². The van der Waals surface area contributed by atoms with E-state index in [0.717, 1.165) is 5.56 Å². The molecule has 0 aromatic carbocycles. The Hall–Kier alpha value is -2.36. The molecule has 1 rings (SSSR count). The van der Waals surface area contributed by atoms with Crippen LogP contribution < -0.4 is 10.4 Å². The molecule has 0 spiro atoms. The highest BCUT2D eigenvalue weighted by molar-refractivity contribution is 5.87. The normalized spacial score (nSPS) is 11.7. The second kappa shape index (κ2) is 7.16. The quantitative estimate of drug-likeness (QED) is 0.603. The van der Waals surface area contributed by atoms with Gasteiger partial charge in [0.1, 0.15) is 11.5 Å². The Bertz CT molecular complexity index is 589. The molecule has 0 saturated heterocycles. The minimum Gasteiger partial charge on any atom is -0.496 e. The van der Waals surface area contributed by atoms with E-state index in [1.807, 2.05) is 0 Å². The third-order valence-electron chi connectivity index (χ3n) is 2.33. The van der Waals surface area contributed by atoms with Crippen molar-refractivity contribution >= 4 is 11.9 Å². The van der Waals surface area contributed by atoms with Crippen LogP contribution in [0.25, 0.3) is 6.08 Å². The average Bonchev–Trinajstić information content (AvgIpc) is 2.36. The lowest BCUT2D eigenvalue weighted by Gasteiger charge is -2.04. The van der Waals surface area contributed by atoms with Crippen molar-refractivity contribution in [3.63, 3.8) is 0 Å². The Morgan fingerprint density at radius 3 is 2.58 bits per heavy atom. The number of ketones is 1. The smallest absolute Gasteiger partial charge is 0.339 e. The molecule has 1 heterocycles. The van der Waals surface area contributed by atoms with E-state index >= 15 is 0 Å². The summed E-state index contributed by atoms with van der Waals surface area (Å²) in [7, 11) is 1.50. The summed E-state index contributed by atoms with van der Waals surface area (Å²) < 4.78 is 10.1. The van der Waals surface area contributed by atoms with Gasteiger partial charge in [-0.3, -0.25) is 4.79 Å². The first kappa shape index (κ1) is 14.7. The first-order valence-electron chi connectivity index (χ1n) is 5.75. The monoisotopic (exact) mass is 260 g/mol. The molecular weight excluding hydrogens is 244 g/mol. The molecule has 0 radical (unpaired) electrons. The van der Waals surface area contributed by atoms with Crippen molar-refractivity contribution in [2.24, 2.45) is 0 Å². The highest BCUT2D eigenvalue weighted by Gasteiger charge is 2.06. The zero-order chi connectivity index (χ0) is 14.3. The Morgan fingerprint density at radius 1 is 1.26 bits per heavy atom. The van der Waals surface area contributed by atoms with Crippen molar-refractivity contribution in [3.8, 4) is 5.75 Å². The molecule has 1 aromatic rings. The molecule has 0 saturated carbocycles. The number of rotatable bonds is 5. The number of ether oxygens (including phenoxy) is 1. The first-order valence-corrected chi connectivity index (χ1v) is 5.75. The van der Waals surface area contributed by atoms with Crippen LogP contribution in [0, 0.1) is 6.92 Å². The Kier molecular flexibility index (Phi) is 5.54. The van der Waals surface area contributed by atoms with Crippen molar-refractivity contribution < 1.29 is 13.9 Å². The maximum Gasteiger partial charge on any atom is 0.339 e.